The quantitative estimate of drug-likeness (QED) is 0.379. The number of methoxy groups -OCH3 is 1. The SMILES string of the molecule is COc1ccc(Cn2nnc(C(=O)O)c2O[C@H]2CC[C@H](c3ccc(-c4nncs4)cc3)CC2)cc1. The van der Waals surface area contributed by atoms with Gasteiger partial charge in [0.05, 0.1) is 13.7 Å². The molecular formula is C25H25N5O4S. The predicted molar refractivity (Wildman–Crippen MR) is 130 cm³/mol. The molecule has 5 rings (SSSR count). The van der Waals surface area contributed by atoms with Gasteiger partial charge < -0.3 is 14.6 Å². The molecule has 1 aliphatic carbocycles. The number of ether oxygens (including phenoxy) is 2. The number of benzene rings is 2. The zero-order chi connectivity index (χ0) is 24.2. The second-order valence-corrected chi connectivity index (χ2v) is 9.34. The number of aromatic nitrogens is 5. The minimum Gasteiger partial charge on any atom is -0.497 e. The molecule has 1 fully saturated rings. The normalized spacial score (nSPS) is 17.7. The smallest absolute Gasteiger partial charge is 0.362 e. The number of carboxylic acid groups (broad SMARTS) is 1. The molecule has 2 aromatic heterocycles. The lowest BCUT2D eigenvalue weighted by molar-refractivity contribution is 0.0676. The van der Waals surface area contributed by atoms with Crippen LogP contribution < -0.4 is 9.47 Å². The zero-order valence-corrected chi connectivity index (χ0v) is 20.0. The van der Waals surface area contributed by atoms with Crippen molar-refractivity contribution in [2.24, 2.45) is 0 Å². The molecule has 35 heavy (non-hydrogen) atoms. The van der Waals surface area contributed by atoms with Crippen LogP contribution in [0.15, 0.2) is 54.0 Å². The van der Waals surface area contributed by atoms with Crippen molar-refractivity contribution >= 4 is 17.3 Å². The third-order valence-electron chi connectivity index (χ3n) is 6.33. The Morgan fingerprint density at radius 2 is 1.80 bits per heavy atom. The van der Waals surface area contributed by atoms with E-state index in [-0.39, 0.29) is 17.7 Å². The molecule has 0 saturated heterocycles. The van der Waals surface area contributed by atoms with E-state index in [0.29, 0.717) is 12.5 Å². The summed E-state index contributed by atoms with van der Waals surface area (Å²) in [6.45, 7) is 0.357. The molecule has 9 nitrogen and oxygen atoms in total. The van der Waals surface area contributed by atoms with Gasteiger partial charge in [-0.15, -0.1) is 15.3 Å². The van der Waals surface area contributed by atoms with Gasteiger partial charge in [0.1, 0.15) is 22.4 Å². The number of hydrogen-bond acceptors (Lipinski definition) is 8. The molecule has 0 radical (unpaired) electrons. The van der Waals surface area contributed by atoms with Crippen LogP contribution in [0, 0.1) is 0 Å². The fourth-order valence-corrected chi connectivity index (χ4v) is 4.99. The third-order valence-corrected chi connectivity index (χ3v) is 7.07. The first-order valence-electron chi connectivity index (χ1n) is 11.4. The maximum Gasteiger partial charge on any atom is 0.362 e. The van der Waals surface area contributed by atoms with Gasteiger partial charge >= 0.3 is 5.97 Å². The molecule has 0 bridgehead atoms. The van der Waals surface area contributed by atoms with Crippen molar-refractivity contribution in [1.82, 2.24) is 25.2 Å². The molecule has 0 unspecified atom stereocenters. The number of nitrogens with zero attached hydrogens (tertiary/aromatic N) is 5. The number of hydrogen-bond donors (Lipinski definition) is 1. The van der Waals surface area contributed by atoms with Gasteiger partial charge in [-0.2, -0.15) is 0 Å². The molecule has 10 heteroatoms. The van der Waals surface area contributed by atoms with E-state index in [1.54, 1.807) is 12.6 Å². The van der Waals surface area contributed by atoms with Crippen molar-refractivity contribution < 1.29 is 19.4 Å². The summed E-state index contributed by atoms with van der Waals surface area (Å²) in [4.78, 5) is 11.7. The average molecular weight is 492 g/mol. The molecule has 1 saturated carbocycles. The lowest BCUT2D eigenvalue weighted by Crippen LogP contribution is -2.25. The van der Waals surface area contributed by atoms with Gasteiger partial charge in [-0.25, -0.2) is 9.48 Å². The lowest BCUT2D eigenvalue weighted by atomic mass is 9.82. The fourth-order valence-electron chi connectivity index (χ4n) is 4.43. The summed E-state index contributed by atoms with van der Waals surface area (Å²) in [5.74, 6) is 0.254. The summed E-state index contributed by atoms with van der Waals surface area (Å²) in [6.07, 6.45) is 3.50. The largest absolute Gasteiger partial charge is 0.497 e. The zero-order valence-electron chi connectivity index (χ0n) is 19.2. The monoisotopic (exact) mass is 491 g/mol. The second kappa shape index (κ2) is 10.2. The van der Waals surface area contributed by atoms with Gasteiger partial charge in [-0.3, -0.25) is 0 Å². The molecule has 2 aromatic carbocycles. The molecule has 1 N–H and O–H groups in total. The van der Waals surface area contributed by atoms with E-state index in [4.69, 9.17) is 9.47 Å². The Hall–Kier alpha value is -3.79. The fraction of sp³-hybridized carbons (Fsp3) is 0.320. The highest BCUT2D eigenvalue weighted by Crippen LogP contribution is 2.36. The summed E-state index contributed by atoms with van der Waals surface area (Å²) in [5.41, 5.74) is 4.89. The van der Waals surface area contributed by atoms with Gasteiger partial charge in [0, 0.05) is 5.56 Å². The van der Waals surface area contributed by atoms with Crippen molar-refractivity contribution in [3.8, 4) is 22.2 Å². The van der Waals surface area contributed by atoms with Crippen LogP contribution in [0.1, 0.15) is 53.2 Å². The molecule has 180 valence electrons. The average Bonchev–Trinajstić information content (AvgIpc) is 3.56. The molecule has 0 spiro atoms. The van der Waals surface area contributed by atoms with Crippen molar-refractivity contribution in [3.63, 3.8) is 0 Å². The third kappa shape index (κ3) is 5.17. The Bertz CT molecular complexity index is 1260. The number of carbonyl (C=O) groups is 1. The summed E-state index contributed by atoms with van der Waals surface area (Å²) >= 11 is 1.53. The van der Waals surface area contributed by atoms with Gasteiger partial charge in [0.25, 0.3) is 0 Å². The molecular weight excluding hydrogens is 466 g/mol. The number of aromatic carboxylic acids is 1. The van der Waals surface area contributed by atoms with E-state index in [1.807, 2.05) is 24.3 Å². The van der Waals surface area contributed by atoms with Gasteiger partial charge in [-0.05, 0) is 54.9 Å². The molecule has 0 aliphatic heterocycles. The minimum absolute atomic E-state index is 0.0851. The van der Waals surface area contributed by atoms with Gasteiger partial charge in [0.15, 0.2) is 0 Å². The van der Waals surface area contributed by atoms with E-state index in [0.717, 1.165) is 47.6 Å². The Kier molecular flexibility index (Phi) is 6.71. The Labute approximate surface area is 206 Å². The molecule has 0 amide bonds. The lowest BCUT2D eigenvalue weighted by Gasteiger charge is -2.29. The summed E-state index contributed by atoms with van der Waals surface area (Å²) in [5, 5.41) is 26.5. The molecule has 1 aliphatic rings. The standard InChI is InChI=1S/C25H25N5O4S/c1-33-20-10-2-16(3-11-20)14-30-24(22(25(31)32)27-29-30)34-21-12-8-18(9-13-21)17-4-6-19(7-5-17)23-28-26-15-35-23/h2-7,10-11,15,18,21H,8-9,12-14H2,1H3,(H,31,32)/t18-,21-. The summed E-state index contributed by atoms with van der Waals surface area (Å²) < 4.78 is 12.9. The highest BCUT2D eigenvalue weighted by Gasteiger charge is 2.28. The first kappa shape index (κ1) is 23.0. The summed E-state index contributed by atoms with van der Waals surface area (Å²) in [7, 11) is 1.61. The van der Waals surface area contributed by atoms with Crippen LogP contribution in [0.2, 0.25) is 0 Å². The summed E-state index contributed by atoms with van der Waals surface area (Å²) in [6, 6.07) is 16.1. The van der Waals surface area contributed by atoms with Crippen molar-refractivity contribution in [1.29, 1.82) is 0 Å². The van der Waals surface area contributed by atoms with Crippen LogP contribution in [0.5, 0.6) is 11.6 Å². The van der Waals surface area contributed by atoms with Crippen LogP contribution in [0.3, 0.4) is 0 Å². The topological polar surface area (TPSA) is 112 Å². The van der Waals surface area contributed by atoms with Crippen molar-refractivity contribution in [2.75, 3.05) is 7.11 Å². The first-order chi connectivity index (χ1) is 17.1. The van der Waals surface area contributed by atoms with Crippen LogP contribution in [0.25, 0.3) is 10.6 Å². The van der Waals surface area contributed by atoms with E-state index >= 15 is 0 Å². The Balaban J connectivity index is 1.24. The van der Waals surface area contributed by atoms with E-state index < -0.39 is 5.97 Å². The van der Waals surface area contributed by atoms with Crippen LogP contribution in [0.4, 0.5) is 0 Å². The minimum atomic E-state index is -1.15. The van der Waals surface area contributed by atoms with Crippen molar-refractivity contribution in [2.45, 2.75) is 44.2 Å². The Morgan fingerprint density at radius 1 is 1.06 bits per heavy atom. The Morgan fingerprint density at radius 3 is 2.43 bits per heavy atom. The first-order valence-corrected chi connectivity index (χ1v) is 12.3. The molecule has 0 atom stereocenters. The number of carboxylic acids is 1. The van der Waals surface area contributed by atoms with Gasteiger partial charge in [-0.1, -0.05) is 52.9 Å². The molecule has 2 heterocycles. The van der Waals surface area contributed by atoms with Crippen LogP contribution in [-0.4, -0.2) is 49.5 Å². The van der Waals surface area contributed by atoms with Crippen LogP contribution in [-0.2, 0) is 6.54 Å². The predicted octanol–water partition coefficient (Wildman–Crippen LogP) is 4.66. The van der Waals surface area contributed by atoms with Crippen molar-refractivity contribution in [3.05, 3.63) is 70.9 Å². The second-order valence-electron chi connectivity index (χ2n) is 8.51. The highest BCUT2D eigenvalue weighted by atomic mass is 32.1. The van der Waals surface area contributed by atoms with E-state index in [2.05, 4.69) is 44.8 Å². The number of rotatable bonds is 8. The van der Waals surface area contributed by atoms with Gasteiger partial charge in [0.2, 0.25) is 11.6 Å². The van der Waals surface area contributed by atoms with Crippen LogP contribution >= 0.6 is 11.3 Å². The molecule has 4 aromatic rings. The van der Waals surface area contributed by atoms with E-state index in [9.17, 15) is 9.90 Å². The maximum atomic E-state index is 11.7. The van der Waals surface area contributed by atoms with E-state index in [1.165, 1.54) is 21.6 Å². The maximum absolute atomic E-state index is 11.7. The highest BCUT2D eigenvalue weighted by molar-refractivity contribution is 7.12.